The van der Waals surface area contributed by atoms with Crippen LogP contribution in [0.25, 0.3) is 0 Å². The lowest BCUT2D eigenvalue weighted by Gasteiger charge is -2.38. The highest BCUT2D eigenvalue weighted by Crippen LogP contribution is 2.26. The third-order valence-corrected chi connectivity index (χ3v) is 4.70. The van der Waals surface area contributed by atoms with E-state index in [-0.39, 0.29) is 6.04 Å². The second-order valence-electron chi connectivity index (χ2n) is 5.30. The van der Waals surface area contributed by atoms with Gasteiger partial charge in [0, 0.05) is 36.2 Å². The zero-order valence-corrected chi connectivity index (χ0v) is 12.4. The van der Waals surface area contributed by atoms with E-state index in [1.54, 1.807) is 0 Å². The zero-order valence-electron chi connectivity index (χ0n) is 10.9. The molecule has 1 unspecified atom stereocenters. The molecule has 2 aliphatic heterocycles. The summed E-state index contributed by atoms with van der Waals surface area (Å²) >= 11 is 11.5. The molecule has 19 heavy (non-hydrogen) atoms. The number of carboxylic acids is 1. The van der Waals surface area contributed by atoms with Crippen LogP contribution in [0.15, 0.2) is 10.6 Å². The van der Waals surface area contributed by atoms with Crippen LogP contribution >= 0.6 is 23.2 Å². The zero-order chi connectivity index (χ0) is 13.8. The van der Waals surface area contributed by atoms with E-state index in [9.17, 15) is 9.90 Å². The van der Waals surface area contributed by atoms with E-state index >= 15 is 0 Å². The van der Waals surface area contributed by atoms with Gasteiger partial charge in [-0.05, 0) is 32.2 Å². The average molecular weight is 307 g/mol. The van der Waals surface area contributed by atoms with Gasteiger partial charge in [-0.3, -0.25) is 14.6 Å². The molecule has 2 fully saturated rings. The van der Waals surface area contributed by atoms with Gasteiger partial charge < -0.3 is 5.11 Å². The second kappa shape index (κ2) is 6.93. The minimum Gasteiger partial charge on any atom is -0.480 e. The van der Waals surface area contributed by atoms with Crippen molar-refractivity contribution in [1.29, 1.82) is 0 Å². The summed E-state index contributed by atoms with van der Waals surface area (Å²) in [6.45, 7) is 3.52. The summed E-state index contributed by atoms with van der Waals surface area (Å²) in [5, 5.41) is 9.88. The molecule has 0 aromatic rings. The normalized spacial score (nSPS) is 27.9. The number of hydrogen-bond donors (Lipinski definition) is 1. The molecular formula is C13H20Cl2N2O2. The van der Waals surface area contributed by atoms with E-state index < -0.39 is 5.97 Å². The maximum Gasteiger partial charge on any atom is 0.320 e. The molecule has 0 aliphatic carbocycles. The molecule has 2 aliphatic rings. The smallest absolute Gasteiger partial charge is 0.320 e. The first kappa shape index (κ1) is 15.1. The molecule has 1 N–H and O–H groups in total. The monoisotopic (exact) mass is 306 g/mol. The number of likely N-dealkylation sites (tertiary alicyclic amines) is 2. The van der Waals surface area contributed by atoms with Gasteiger partial charge in [0.15, 0.2) is 0 Å². The van der Waals surface area contributed by atoms with Crippen LogP contribution in [0.2, 0.25) is 0 Å². The Morgan fingerprint density at radius 1 is 1.26 bits per heavy atom. The highest BCUT2D eigenvalue weighted by molar-refractivity contribution is 6.36. The fourth-order valence-corrected chi connectivity index (χ4v) is 3.39. The summed E-state index contributed by atoms with van der Waals surface area (Å²) in [6, 6.07) is 0.126. The molecular weight excluding hydrogens is 287 g/mol. The lowest BCUT2D eigenvalue weighted by atomic mass is 10.0. The number of rotatable bonds is 4. The lowest BCUT2D eigenvalue weighted by molar-refractivity contribution is -0.143. The van der Waals surface area contributed by atoms with Crippen LogP contribution in [-0.2, 0) is 4.79 Å². The highest BCUT2D eigenvalue weighted by atomic mass is 35.5. The number of carbonyl (C=O) groups is 1. The number of piperidine rings is 1. The van der Waals surface area contributed by atoms with Crippen molar-refractivity contribution in [3.8, 4) is 0 Å². The third kappa shape index (κ3) is 3.85. The van der Waals surface area contributed by atoms with Crippen molar-refractivity contribution in [2.24, 2.45) is 0 Å². The SMILES string of the molecule is O=C(O)C1CCCN1C1CCN(CC(Cl)=CCl)CC1. The predicted molar refractivity (Wildman–Crippen MR) is 76.6 cm³/mol. The molecule has 0 radical (unpaired) electrons. The largest absolute Gasteiger partial charge is 0.480 e. The molecule has 0 aromatic heterocycles. The molecule has 0 saturated carbocycles. The summed E-state index contributed by atoms with van der Waals surface area (Å²) in [4.78, 5) is 15.7. The summed E-state index contributed by atoms with van der Waals surface area (Å²) in [7, 11) is 0. The first-order valence-corrected chi connectivity index (χ1v) is 7.59. The van der Waals surface area contributed by atoms with Crippen molar-refractivity contribution < 1.29 is 9.90 Å². The number of carboxylic acid groups (broad SMARTS) is 1. The van der Waals surface area contributed by atoms with Crippen molar-refractivity contribution in [1.82, 2.24) is 9.80 Å². The molecule has 0 aromatic carbocycles. The maximum absolute atomic E-state index is 11.2. The van der Waals surface area contributed by atoms with Crippen LogP contribution in [0.3, 0.4) is 0 Å². The van der Waals surface area contributed by atoms with Gasteiger partial charge in [0.1, 0.15) is 6.04 Å². The quantitative estimate of drug-likeness (QED) is 0.866. The molecule has 4 nitrogen and oxygen atoms in total. The standard InChI is InChI=1S/C13H20Cl2N2O2/c14-8-10(15)9-16-6-3-11(4-7-16)17-5-1-2-12(17)13(18)19/h8,11-12H,1-7,9H2,(H,18,19). The lowest BCUT2D eigenvalue weighted by Crippen LogP contribution is -2.49. The third-order valence-electron chi connectivity index (χ3n) is 4.10. The van der Waals surface area contributed by atoms with Gasteiger partial charge in [0.05, 0.1) is 0 Å². The molecule has 0 bridgehead atoms. The fraction of sp³-hybridized carbons (Fsp3) is 0.769. The minimum absolute atomic E-state index is 0.275. The Morgan fingerprint density at radius 3 is 2.53 bits per heavy atom. The van der Waals surface area contributed by atoms with E-state index in [1.807, 2.05) is 0 Å². The van der Waals surface area contributed by atoms with Crippen molar-refractivity contribution in [3.05, 3.63) is 10.6 Å². The fourth-order valence-electron chi connectivity index (χ4n) is 3.15. The van der Waals surface area contributed by atoms with Gasteiger partial charge in [-0.15, -0.1) is 0 Å². The molecule has 0 spiro atoms. The van der Waals surface area contributed by atoms with E-state index in [0.717, 1.165) is 45.3 Å². The molecule has 2 rings (SSSR count). The van der Waals surface area contributed by atoms with E-state index in [0.29, 0.717) is 17.6 Å². The first-order valence-electron chi connectivity index (χ1n) is 6.77. The molecule has 108 valence electrons. The number of nitrogens with zero attached hydrogens (tertiary/aromatic N) is 2. The van der Waals surface area contributed by atoms with Gasteiger partial charge in [0.2, 0.25) is 0 Å². The van der Waals surface area contributed by atoms with Crippen molar-refractivity contribution in [2.75, 3.05) is 26.2 Å². The Morgan fingerprint density at radius 2 is 1.95 bits per heavy atom. The van der Waals surface area contributed by atoms with Crippen LogP contribution in [0, 0.1) is 0 Å². The number of halogens is 2. The maximum atomic E-state index is 11.2. The van der Waals surface area contributed by atoms with Crippen molar-refractivity contribution in [3.63, 3.8) is 0 Å². The van der Waals surface area contributed by atoms with Crippen LogP contribution in [0.4, 0.5) is 0 Å². The highest BCUT2D eigenvalue weighted by Gasteiger charge is 2.36. The summed E-state index contributed by atoms with van der Waals surface area (Å²) < 4.78 is 0. The summed E-state index contributed by atoms with van der Waals surface area (Å²) in [5.41, 5.74) is 1.41. The van der Waals surface area contributed by atoms with Gasteiger partial charge in [-0.2, -0.15) is 0 Å². The van der Waals surface area contributed by atoms with Crippen LogP contribution in [0.1, 0.15) is 25.7 Å². The van der Waals surface area contributed by atoms with Gasteiger partial charge in [-0.1, -0.05) is 23.2 Å². The van der Waals surface area contributed by atoms with Crippen LogP contribution < -0.4 is 0 Å². The van der Waals surface area contributed by atoms with E-state index in [1.165, 1.54) is 5.54 Å². The Balaban J connectivity index is 1.84. The average Bonchev–Trinajstić information content (AvgIpc) is 2.89. The molecule has 0 amide bonds. The van der Waals surface area contributed by atoms with Gasteiger partial charge >= 0.3 is 5.97 Å². The Bertz CT molecular complexity index is 355. The van der Waals surface area contributed by atoms with Crippen LogP contribution in [0.5, 0.6) is 0 Å². The van der Waals surface area contributed by atoms with Crippen molar-refractivity contribution in [2.45, 2.75) is 37.8 Å². The molecule has 1 atom stereocenters. The summed E-state index contributed by atoms with van der Waals surface area (Å²) in [5.74, 6) is -0.673. The summed E-state index contributed by atoms with van der Waals surface area (Å²) in [6.07, 6.45) is 3.81. The Hall–Kier alpha value is -0.290. The van der Waals surface area contributed by atoms with E-state index in [4.69, 9.17) is 23.2 Å². The number of aliphatic carboxylic acids is 1. The topological polar surface area (TPSA) is 43.8 Å². The molecule has 2 heterocycles. The molecule has 2 saturated heterocycles. The Kier molecular flexibility index (Phi) is 5.51. The molecule has 6 heteroatoms. The Labute approximate surface area is 123 Å². The first-order chi connectivity index (χ1) is 9.11. The predicted octanol–water partition coefficient (Wildman–Crippen LogP) is 2.32. The van der Waals surface area contributed by atoms with Crippen LogP contribution in [-0.4, -0.2) is 59.1 Å². The number of hydrogen-bond acceptors (Lipinski definition) is 3. The minimum atomic E-state index is -0.673. The van der Waals surface area contributed by atoms with Crippen molar-refractivity contribution >= 4 is 29.2 Å². The van der Waals surface area contributed by atoms with Gasteiger partial charge in [-0.25, -0.2) is 0 Å². The second-order valence-corrected chi connectivity index (χ2v) is 6.00. The van der Waals surface area contributed by atoms with Gasteiger partial charge in [0.25, 0.3) is 0 Å². The van der Waals surface area contributed by atoms with E-state index in [2.05, 4.69) is 9.80 Å².